The Labute approximate surface area is 164 Å². The highest BCUT2D eigenvalue weighted by molar-refractivity contribution is 5.73. The Morgan fingerprint density at radius 3 is 1.97 bits per heavy atom. The van der Waals surface area contributed by atoms with E-state index in [1.165, 1.54) is 0 Å². The zero-order chi connectivity index (χ0) is 21.9. The first-order valence-corrected chi connectivity index (χ1v) is 8.80. The normalized spacial score (nSPS) is 44.4. The molecule has 4 unspecified atom stereocenters. The lowest BCUT2D eigenvalue weighted by Crippen LogP contribution is -2.64. The smallest absolute Gasteiger partial charge is 0.322 e. The number of carboxylic acids is 1. The molecular formula is C15H27NO13. The first-order chi connectivity index (χ1) is 13.6. The zero-order valence-electron chi connectivity index (χ0n) is 15.2. The minimum Gasteiger partial charge on any atom is -0.480 e. The molecule has 2 saturated heterocycles. The van der Waals surface area contributed by atoms with Crippen molar-refractivity contribution < 1.29 is 64.6 Å². The molecule has 11 atom stereocenters. The molecule has 14 nitrogen and oxygen atoms in total. The minimum absolute atomic E-state index is 0.555. The summed E-state index contributed by atoms with van der Waals surface area (Å²) < 4.78 is 20.9. The lowest BCUT2D eigenvalue weighted by atomic mass is 9.97. The van der Waals surface area contributed by atoms with Gasteiger partial charge in [-0.25, -0.2) is 0 Å². The number of ether oxygens (including phenoxy) is 4. The van der Waals surface area contributed by atoms with Gasteiger partial charge in [-0.3, -0.25) is 4.79 Å². The van der Waals surface area contributed by atoms with Gasteiger partial charge in [0.25, 0.3) is 0 Å². The van der Waals surface area contributed by atoms with E-state index in [4.69, 9.17) is 29.8 Å². The quantitative estimate of drug-likeness (QED) is 0.174. The van der Waals surface area contributed by atoms with Crippen molar-refractivity contribution in [1.29, 1.82) is 0 Å². The molecule has 170 valence electrons. The van der Waals surface area contributed by atoms with Crippen LogP contribution in [0.2, 0.25) is 0 Å². The van der Waals surface area contributed by atoms with Gasteiger partial charge in [-0.15, -0.1) is 0 Å². The van der Waals surface area contributed by atoms with Crippen molar-refractivity contribution in [3.05, 3.63) is 0 Å². The van der Waals surface area contributed by atoms with Crippen LogP contribution >= 0.6 is 0 Å². The first-order valence-electron chi connectivity index (χ1n) is 8.80. The molecule has 0 saturated carbocycles. The van der Waals surface area contributed by atoms with E-state index in [9.17, 15) is 40.5 Å². The van der Waals surface area contributed by atoms with Crippen molar-refractivity contribution in [2.45, 2.75) is 67.5 Å². The molecule has 2 heterocycles. The van der Waals surface area contributed by atoms with Gasteiger partial charge in [-0.1, -0.05) is 0 Å². The highest BCUT2D eigenvalue weighted by Gasteiger charge is 2.50. The van der Waals surface area contributed by atoms with Crippen LogP contribution < -0.4 is 5.73 Å². The predicted octanol–water partition coefficient (Wildman–Crippen LogP) is -5.96. The lowest BCUT2D eigenvalue weighted by molar-refractivity contribution is -0.359. The van der Waals surface area contributed by atoms with E-state index in [2.05, 4.69) is 0 Å². The topological polar surface area (TPSA) is 242 Å². The Morgan fingerprint density at radius 1 is 0.862 bits per heavy atom. The van der Waals surface area contributed by atoms with E-state index >= 15 is 0 Å². The Morgan fingerprint density at radius 2 is 1.41 bits per heavy atom. The number of rotatable bonds is 8. The number of carboxylic acid groups (broad SMARTS) is 1. The number of aliphatic carboxylic acids is 1. The highest BCUT2D eigenvalue weighted by atomic mass is 16.7. The third-order valence-electron chi connectivity index (χ3n) is 4.72. The second-order valence-electron chi connectivity index (χ2n) is 6.78. The molecule has 2 aliphatic rings. The van der Waals surface area contributed by atoms with Crippen LogP contribution in [0.5, 0.6) is 0 Å². The molecule has 0 amide bonds. The molecule has 0 radical (unpaired) electrons. The summed E-state index contributed by atoms with van der Waals surface area (Å²) in [5, 5.41) is 77.6. The molecule has 0 bridgehead atoms. The molecule has 0 aliphatic carbocycles. The van der Waals surface area contributed by atoms with Gasteiger partial charge < -0.3 is 65.5 Å². The second kappa shape index (κ2) is 10.3. The molecule has 14 heteroatoms. The molecule has 0 aromatic rings. The van der Waals surface area contributed by atoms with Crippen LogP contribution in [0.4, 0.5) is 0 Å². The Bertz CT molecular complexity index is 534. The fourth-order valence-corrected chi connectivity index (χ4v) is 2.96. The van der Waals surface area contributed by atoms with Gasteiger partial charge in [0.1, 0.15) is 54.9 Å². The maximum absolute atomic E-state index is 10.7. The summed E-state index contributed by atoms with van der Waals surface area (Å²) >= 11 is 0. The first kappa shape index (κ1) is 24.3. The minimum atomic E-state index is -1.78. The zero-order valence-corrected chi connectivity index (χ0v) is 15.2. The van der Waals surface area contributed by atoms with E-state index in [-0.39, 0.29) is 0 Å². The molecule has 2 rings (SSSR count). The molecule has 0 spiro atoms. The van der Waals surface area contributed by atoms with Crippen LogP contribution in [0.15, 0.2) is 0 Å². The van der Waals surface area contributed by atoms with Gasteiger partial charge in [-0.2, -0.15) is 0 Å². The summed E-state index contributed by atoms with van der Waals surface area (Å²) in [4.78, 5) is 10.7. The van der Waals surface area contributed by atoms with Crippen LogP contribution in [0.3, 0.4) is 0 Å². The number of carbonyl (C=O) groups is 1. The molecule has 0 aromatic carbocycles. The van der Waals surface area contributed by atoms with Gasteiger partial charge in [0.2, 0.25) is 0 Å². The molecule has 2 fully saturated rings. The monoisotopic (exact) mass is 429 g/mol. The standard InChI is InChI=1S/C15H27NO13/c16-4(13(24)25)3-26-14-11(23)9(21)12(6(2-18)28-14)29-15-10(22)8(20)7(19)5(1-17)27-15/h4-12,14-15,17-23H,1-3,16H2,(H,24,25)/t4-,5?,6?,7-,8?,9+,10-,11?,12+,14+,15-/m0/s1. The van der Waals surface area contributed by atoms with E-state index in [0.29, 0.717) is 0 Å². The average Bonchev–Trinajstić information content (AvgIpc) is 2.70. The summed E-state index contributed by atoms with van der Waals surface area (Å²) in [6, 6.07) is -1.42. The van der Waals surface area contributed by atoms with Crippen LogP contribution in [0, 0.1) is 0 Å². The van der Waals surface area contributed by atoms with Crippen LogP contribution in [0.25, 0.3) is 0 Å². The molecule has 2 aliphatic heterocycles. The maximum atomic E-state index is 10.7. The highest BCUT2D eigenvalue weighted by Crippen LogP contribution is 2.29. The van der Waals surface area contributed by atoms with Gasteiger partial charge in [-0.05, 0) is 0 Å². The Balaban J connectivity index is 2.06. The third-order valence-corrected chi connectivity index (χ3v) is 4.72. The van der Waals surface area contributed by atoms with Gasteiger partial charge in [0.05, 0.1) is 19.8 Å². The van der Waals surface area contributed by atoms with Crippen LogP contribution in [0.1, 0.15) is 0 Å². The maximum Gasteiger partial charge on any atom is 0.322 e. The van der Waals surface area contributed by atoms with E-state index < -0.39 is 93.2 Å². The third kappa shape index (κ3) is 5.38. The Kier molecular flexibility index (Phi) is 8.65. The molecular weight excluding hydrogens is 402 g/mol. The summed E-state index contributed by atoms with van der Waals surface area (Å²) in [5.74, 6) is -1.36. The fourth-order valence-electron chi connectivity index (χ4n) is 2.96. The van der Waals surface area contributed by atoms with Crippen molar-refractivity contribution in [2.24, 2.45) is 5.73 Å². The van der Waals surface area contributed by atoms with E-state index in [0.717, 1.165) is 0 Å². The van der Waals surface area contributed by atoms with Crippen LogP contribution in [-0.4, -0.2) is 134 Å². The van der Waals surface area contributed by atoms with Crippen molar-refractivity contribution in [3.8, 4) is 0 Å². The Hall–Kier alpha value is -1.01. The van der Waals surface area contributed by atoms with Crippen molar-refractivity contribution in [3.63, 3.8) is 0 Å². The van der Waals surface area contributed by atoms with Crippen molar-refractivity contribution >= 4 is 5.97 Å². The van der Waals surface area contributed by atoms with Crippen LogP contribution in [-0.2, 0) is 23.7 Å². The number of hydrogen-bond acceptors (Lipinski definition) is 13. The van der Waals surface area contributed by atoms with Crippen molar-refractivity contribution in [1.82, 2.24) is 0 Å². The number of aliphatic hydroxyl groups is 7. The largest absolute Gasteiger partial charge is 0.480 e. The van der Waals surface area contributed by atoms with E-state index in [1.54, 1.807) is 0 Å². The number of aliphatic hydroxyl groups excluding tert-OH is 7. The fraction of sp³-hybridized carbons (Fsp3) is 0.933. The lowest BCUT2D eigenvalue weighted by Gasteiger charge is -2.46. The van der Waals surface area contributed by atoms with Crippen molar-refractivity contribution in [2.75, 3.05) is 19.8 Å². The summed E-state index contributed by atoms with van der Waals surface area (Å²) in [7, 11) is 0. The number of hydrogen-bond donors (Lipinski definition) is 9. The van der Waals surface area contributed by atoms with Gasteiger partial charge in [0.15, 0.2) is 12.6 Å². The second-order valence-corrected chi connectivity index (χ2v) is 6.78. The molecule has 10 N–H and O–H groups in total. The van der Waals surface area contributed by atoms with Gasteiger partial charge in [0, 0.05) is 0 Å². The summed E-state index contributed by atoms with van der Waals surface area (Å²) in [6.45, 7) is -2.00. The average molecular weight is 429 g/mol. The van der Waals surface area contributed by atoms with Gasteiger partial charge >= 0.3 is 5.97 Å². The summed E-state index contributed by atoms with van der Waals surface area (Å²) in [6.07, 6.45) is -15.9. The predicted molar refractivity (Wildman–Crippen MR) is 88.0 cm³/mol. The molecule has 0 aromatic heterocycles. The van der Waals surface area contributed by atoms with E-state index in [1.807, 2.05) is 0 Å². The number of nitrogens with two attached hydrogens (primary N) is 1. The molecule has 29 heavy (non-hydrogen) atoms. The summed E-state index contributed by atoms with van der Waals surface area (Å²) in [5.41, 5.74) is 5.29. The SMILES string of the molecule is N[C@@H](CO[C@@H]1OC(CO)[C@@H](O[C@@H]2OC(CO)[C@H](O)C(O)[C@@H]2O)[C@H](O)C1O)C(=O)O.